The van der Waals surface area contributed by atoms with Gasteiger partial charge >= 0.3 is 0 Å². The van der Waals surface area contributed by atoms with Crippen molar-refractivity contribution in [3.63, 3.8) is 0 Å². The van der Waals surface area contributed by atoms with Gasteiger partial charge < -0.3 is 19.4 Å². The Labute approximate surface area is 229 Å². The maximum absolute atomic E-state index is 6.24. The van der Waals surface area contributed by atoms with E-state index in [0.717, 1.165) is 66.6 Å². The summed E-state index contributed by atoms with van der Waals surface area (Å²) >= 11 is 0. The normalized spacial score (nSPS) is 14.1. The summed E-state index contributed by atoms with van der Waals surface area (Å²) in [6.07, 6.45) is 3.77. The van der Waals surface area contributed by atoms with Crippen LogP contribution in [0.25, 0.3) is 11.0 Å². The molecule has 0 aliphatic carbocycles. The number of hydrogen-bond donors (Lipinski definition) is 1. The molecular formula is C33H34N4O2. The third-order valence-corrected chi connectivity index (χ3v) is 7.43. The highest BCUT2D eigenvalue weighted by Crippen LogP contribution is 2.35. The van der Waals surface area contributed by atoms with Crippen molar-refractivity contribution in [1.82, 2.24) is 14.5 Å². The topological polar surface area (TPSA) is 61.2 Å². The number of anilines is 2. The van der Waals surface area contributed by atoms with E-state index in [-0.39, 0.29) is 0 Å². The van der Waals surface area contributed by atoms with Gasteiger partial charge in [-0.1, -0.05) is 56.3 Å². The number of imidazole rings is 1. The van der Waals surface area contributed by atoms with Gasteiger partial charge in [0.1, 0.15) is 5.75 Å². The molecule has 1 saturated heterocycles. The fourth-order valence-corrected chi connectivity index (χ4v) is 5.18. The summed E-state index contributed by atoms with van der Waals surface area (Å²) in [5.74, 6) is 3.17. The van der Waals surface area contributed by atoms with Gasteiger partial charge in [-0.2, -0.15) is 0 Å². The van der Waals surface area contributed by atoms with Gasteiger partial charge in [0.25, 0.3) is 0 Å². The highest BCUT2D eigenvalue weighted by atomic mass is 16.5. The Bertz CT molecular complexity index is 1530. The summed E-state index contributed by atoms with van der Waals surface area (Å²) in [6.45, 7) is 6.74. The van der Waals surface area contributed by atoms with Gasteiger partial charge in [0.15, 0.2) is 0 Å². The maximum atomic E-state index is 6.24. The number of pyridine rings is 1. The van der Waals surface area contributed by atoms with Crippen LogP contribution in [0.5, 0.6) is 11.6 Å². The van der Waals surface area contributed by atoms with Crippen molar-refractivity contribution in [3.05, 3.63) is 108 Å². The summed E-state index contributed by atoms with van der Waals surface area (Å²) in [5, 5.41) is 3.53. The lowest BCUT2D eigenvalue weighted by Crippen LogP contribution is -2.15. The molecule has 6 heteroatoms. The summed E-state index contributed by atoms with van der Waals surface area (Å²) in [4.78, 5) is 9.44. The highest BCUT2D eigenvalue weighted by molar-refractivity contribution is 5.79. The number of fused-ring (bicyclic) bond motifs is 1. The number of aromatic nitrogens is 3. The van der Waals surface area contributed by atoms with E-state index in [1.807, 2.05) is 36.4 Å². The van der Waals surface area contributed by atoms with Crippen LogP contribution >= 0.6 is 0 Å². The van der Waals surface area contributed by atoms with Crippen LogP contribution in [0.1, 0.15) is 55.2 Å². The van der Waals surface area contributed by atoms with Gasteiger partial charge in [-0.3, -0.25) is 0 Å². The van der Waals surface area contributed by atoms with Gasteiger partial charge in [0.05, 0.1) is 17.6 Å². The van der Waals surface area contributed by atoms with Gasteiger partial charge in [0, 0.05) is 30.7 Å². The van der Waals surface area contributed by atoms with E-state index >= 15 is 0 Å². The predicted octanol–water partition coefficient (Wildman–Crippen LogP) is 8.03. The largest absolute Gasteiger partial charge is 0.439 e. The Morgan fingerprint density at radius 2 is 1.69 bits per heavy atom. The summed E-state index contributed by atoms with van der Waals surface area (Å²) < 4.78 is 14.0. The van der Waals surface area contributed by atoms with Crippen LogP contribution in [0.15, 0.2) is 91.1 Å². The molecule has 0 atom stereocenters. The quantitative estimate of drug-likeness (QED) is 0.225. The summed E-state index contributed by atoms with van der Waals surface area (Å²) in [5.41, 5.74) is 6.75. The molecule has 1 N–H and O–H groups in total. The lowest BCUT2D eigenvalue weighted by atomic mass is 9.92. The predicted molar refractivity (Wildman–Crippen MR) is 156 cm³/mol. The third-order valence-electron chi connectivity index (χ3n) is 7.43. The van der Waals surface area contributed by atoms with E-state index in [1.54, 1.807) is 6.20 Å². The van der Waals surface area contributed by atoms with Crippen molar-refractivity contribution in [2.75, 3.05) is 18.5 Å². The minimum atomic E-state index is 0.415. The molecule has 0 saturated carbocycles. The minimum absolute atomic E-state index is 0.415. The summed E-state index contributed by atoms with van der Waals surface area (Å²) in [7, 11) is 0. The molecule has 2 aromatic heterocycles. The number of rotatable bonds is 8. The van der Waals surface area contributed by atoms with Gasteiger partial charge in [-0.05, 0) is 78.3 Å². The third kappa shape index (κ3) is 5.66. The molecule has 1 aliphatic heterocycles. The Kier molecular flexibility index (Phi) is 7.28. The highest BCUT2D eigenvalue weighted by Gasteiger charge is 2.20. The lowest BCUT2D eigenvalue weighted by molar-refractivity contribution is 0.0848. The lowest BCUT2D eigenvalue weighted by Gasteiger charge is -2.23. The zero-order valence-electron chi connectivity index (χ0n) is 22.5. The first-order chi connectivity index (χ1) is 19.1. The maximum Gasteiger partial charge on any atom is 0.222 e. The molecule has 0 spiro atoms. The molecule has 6 rings (SSSR count). The second kappa shape index (κ2) is 11.3. The van der Waals surface area contributed by atoms with Crippen LogP contribution in [0, 0.1) is 0 Å². The number of hydrogen-bond acceptors (Lipinski definition) is 5. The first-order valence-electron chi connectivity index (χ1n) is 13.8. The van der Waals surface area contributed by atoms with Crippen LogP contribution in [-0.4, -0.2) is 27.7 Å². The smallest absolute Gasteiger partial charge is 0.222 e. The molecule has 0 radical (unpaired) electrons. The second-order valence-corrected chi connectivity index (χ2v) is 10.4. The van der Waals surface area contributed by atoms with E-state index < -0.39 is 0 Å². The second-order valence-electron chi connectivity index (χ2n) is 10.4. The first kappa shape index (κ1) is 25.1. The van der Waals surface area contributed by atoms with Crippen LogP contribution < -0.4 is 10.1 Å². The standard InChI is InChI=1S/C33H34N4O2/c1-23(2)25-11-9-24(10-12-25)22-37-31-8-4-3-7-30(31)36-33(37)35-27-13-15-28(16-14-27)39-32-29(6-5-19-34-32)26-17-20-38-21-18-26/h3-16,19,23,26H,17-18,20-22H2,1-2H3,(H,35,36). The average Bonchev–Trinajstić information content (AvgIpc) is 3.31. The van der Waals surface area contributed by atoms with Crippen molar-refractivity contribution in [3.8, 4) is 11.6 Å². The Morgan fingerprint density at radius 3 is 2.46 bits per heavy atom. The zero-order valence-corrected chi connectivity index (χ0v) is 22.5. The molecule has 0 bridgehead atoms. The first-order valence-corrected chi connectivity index (χ1v) is 13.8. The van der Waals surface area contributed by atoms with Crippen molar-refractivity contribution in [2.24, 2.45) is 0 Å². The molecule has 0 amide bonds. The van der Waals surface area contributed by atoms with Gasteiger partial charge in [0.2, 0.25) is 11.8 Å². The Morgan fingerprint density at radius 1 is 0.923 bits per heavy atom. The van der Waals surface area contributed by atoms with Gasteiger partial charge in [-0.25, -0.2) is 9.97 Å². The van der Waals surface area contributed by atoms with E-state index in [4.69, 9.17) is 14.5 Å². The van der Waals surface area contributed by atoms with Crippen molar-refractivity contribution in [1.29, 1.82) is 0 Å². The van der Waals surface area contributed by atoms with Crippen molar-refractivity contribution >= 4 is 22.7 Å². The molecule has 198 valence electrons. The molecule has 0 unspecified atom stereocenters. The van der Waals surface area contributed by atoms with Crippen LogP contribution in [0.2, 0.25) is 0 Å². The van der Waals surface area contributed by atoms with E-state index in [0.29, 0.717) is 17.7 Å². The SMILES string of the molecule is CC(C)c1ccc(Cn2c(Nc3ccc(Oc4ncccc4C4CCOCC4)cc3)nc3ccccc32)cc1. The molecule has 39 heavy (non-hydrogen) atoms. The molecule has 1 aliphatic rings. The Hall–Kier alpha value is -4.16. The number of nitrogens with zero attached hydrogens (tertiary/aromatic N) is 3. The zero-order chi connectivity index (χ0) is 26.6. The molecule has 6 nitrogen and oxygen atoms in total. The average molecular weight is 519 g/mol. The number of ether oxygens (including phenoxy) is 2. The molecule has 3 aromatic carbocycles. The van der Waals surface area contributed by atoms with E-state index in [1.165, 1.54) is 11.1 Å². The molecular weight excluding hydrogens is 484 g/mol. The molecule has 3 heterocycles. The van der Waals surface area contributed by atoms with E-state index in [9.17, 15) is 0 Å². The van der Waals surface area contributed by atoms with Gasteiger partial charge in [-0.15, -0.1) is 0 Å². The number of nitrogens with one attached hydrogen (secondary N) is 1. The Balaban J connectivity index is 1.22. The van der Waals surface area contributed by atoms with Crippen LogP contribution in [0.3, 0.4) is 0 Å². The van der Waals surface area contributed by atoms with Crippen molar-refractivity contribution < 1.29 is 9.47 Å². The van der Waals surface area contributed by atoms with Crippen molar-refractivity contribution in [2.45, 2.75) is 45.1 Å². The van der Waals surface area contributed by atoms with Crippen LogP contribution in [-0.2, 0) is 11.3 Å². The number of para-hydroxylation sites is 2. The minimum Gasteiger partial charge on any atom is -0.439 e. The monoisotopic (exact) mass is 518 g/mol. The fraction of sp³-hybridized carbons (Fsp3) is 0.273. The number of benzene rings is 3. The van der Waals surface area contributed by atoms with Crippen LogP contribution in [0.4, 0.5) is 11.6 Å². The summed E-state index contributed by atoms with van der Waals surface area (Å²) in [6, 6.07) is 29.2. The molecule has 5 aromatic rings. The fourth-order valence-electron chi connectivity index (χ4n) is 5.18. The molecule has 1 fully saturated rings. The van der Waals surface area contributed by atoms with E-state index in [2.05, 4.69) is 77.2 Å².